The molecule has 2 rings (SSSR count). The molecule has 0 aliphatic rings. The van der Waals surface area contributed by atoms with Crippen molar-refractivity contribution in [2.45, 2.75) is 19.8 Å². The van der Waals surface area contributed by atoms with E-state index in [4.69, 9.17) is 0 Å². The summed E-state index contributed by atoms with van der Waals surface area (Å²) in [7, 11) is 4.04. The van der Waals surface area contributed by atoms with Crippen molar-refractivity contribution < 1.29 is 4.79 Å². The molecule has 24 heavy (non-hydrogen) atoms. The number of carbonyl (C=O) groups is 1. The monoisotopic (exact) mass is 326 g/mol. The van der Waals surface area contributed by atoms with E-state index in [1.165, 1.54) is 5.56 Å². The van der Waals surface area contributed by atoms with Gasteiger partial charge in [-0.15, -0.1) is 0 Å². The van der Waals surface area contributed by atoms with Crippen molar-refractivity contribution in [3.63, 3.8) is 0 Å². The minimum atomic E-state index is -0.0817. The summed E-state index contributed by atoms with van der Waals surface area (Å²) in [5.74, 6) is 0.654. The predicted octanol–water partition coefficient (Wildman–Crippen LogP) is 3.07. The van der Waals surface area contributed by atoms with Crippen LogP contribution >= 0.6 is 0 Å². The van der Waals surface area contributed by atoms with E-state index in [9.17, 15) is 4.79 Å². The van der Waals surface area contributed by atoms with E-state index in [1.807, 2.05) is 38.4 Å². The molecule has 1 aromatic carbocycles. The summed E-state index contributed by atoms with van der Waals surface area (Å²) in [6, 6.07) is 11.8. The molecular formula is C19H26N4O. The van der Waals surface area contributed by atoms with Crippen LogP contribution in [0.1, 0.15) is 29.3 Å². The first-order valence-electron chi connectivity index (χ1n) is 8.34. The predicted molar refractivity (Wildman–Crippen MR) is 98.8 cm³/mol. The van der Waals surface area contributed by atoms with Gasteiger partial charge in [-0.3, -0.25) is 4.79 Å². The van der Waals surface area contributed by atoms with Gasteiger partial charge in [0.25, 0.3) is 5.91 Å². The van der Waals surface area contributed by atoms with Crippen LogP contribution in [0.25, 0.3) is 0 Å². The number of para-hydroxylation sites is 1. The smallest absolute Gasteiger partial charge is 0.252 e. The Morgan fingerprint density at radius 3 is 2.62 bits per heavy atom. The molecule has 0 bridgehead atoms. The molecule has 2 N–H and O–H groups in total. The number of anilines is 2. The van der Waals surface area contributed by atoms with Gasteiger partial charge < -0.3 is 15.5 Å². The number of hydrogen-bond acceptors (Lipinski definition) is 4. The summed E-state index contributed by atoms with van der Waals surface area (Å²) < 4.78 is 0. The third-order valence-corrected chi connectivity index (χ3v) is 3.75. The van der Waals surface area contributed by atoms with Gasteiger partial charge in [0.1, 0.15) is 5.82 Å². The van der Waals surface area contributed by atoms with Crippen LogP contribution < -0.4 is 10.6 Å². The lowest BCUT2D eigenvalue weighted by atomic mass is 10.1. The number of aryl methyl sites for hydroxylation is 1. The zero-order valence-corrected chi connectivity index (χ0v) is 14.7. The molecule has 0 saturated heterocycles. The molecule has 0 spiro atoms. The Labute approximate surface area is 144 Å². The molecule has 0 aliphatic carbocycles. The average Bonchev–Trinajstić information content (AvgIpc) is 2.59. The molecule has 1 heterocycles. The molecular weight excluding hydrogens is 300 g/mol. The molecule has 5 heteroatoms. The SMILES string of the molecule is CCc1ccccc1Nc1ccc(C(=O)NCCCN(C)C)cn1. The molecule has 0 aliphatic heterocycles. The fourth-order valence-electron chi connectivity index (χ4n) is 2.39. The molecule has 2 aromatic rings. The molecule has 0 radical (unpaired) electrons. The van der Waals surface area contributed by atoms with Crippen LogP contribution in [-0.4, -0.2) is 43.0 Å². The maximum atomic E-state index is 12.1. The number of nitrogens with zero attached hydrogens (tertiary/aromatic N) is 2. The van der Waals surface area contributed by atoms with Crippen molar-refractivity contribution in [1.29, 1.82) is 0 Å². The molecule has 128 valence electrons. The van der Waals surface area contributed by atoms with Gasteiger partial charge in [0, 0.05) is 18.4 Å². The largest absolute Gasteiger partial charge is 0.352 e. The number of nitrogens with one attached hydrogen (secondary N) is 2. The Kier molecular flexibility index (Phi) is 6.75. The highest BCUT2D eigenvalue weighted by molar-refractivity contribution is 5.94. The minimum Gasteiger partial charge on any atom is -0.352 e. The van der Waals surface area contributed by atoms with Crippen LogP contribution in [0.4, 0.5) is 11.5 Å². The van der Waals surface area contributed by atoms with E-state index in [0.29, 0.717) is 12.1 Å². The first-order valence-corrected chi connectivity index (χ1v) is 8.34. The molecule has 0 unspecified atom stereocenters. The van der Waals surface area contributed by atoms with Crippen LogP contribution in [0.15, 0.2) is 42.6 Å². The van der Waals surface area contributed by atoms with Crippen molar-refractivity contribution in [3.05, 3.63) is 53.7 Å². The van der Waals surface area contributed by atoms with Crippen molar-refractivity contribution in [2.75, 3.05) is 32.5 Å². The zero-order valence-electron chi connectivity index (χ0n) is 14.7. The standard InChI is InChI=1S/C19H26N4O/c1-4-15-8-5-6-9-17(15)22-18-11-10-16(14-21-18)19(24)20-12-7-13-23(2)3/h5-6,8-11,14H,4,7,12-13H2,1-3H3,(H,20,24)(H,21,22). The summed E-state index contributed by atoms with van der Waals surface area (Å²) in [6.45, 7) is 3.75. The van der Waals surface area contributed by atoms with Crippen molar-refractivity contribution in [2.24, 2.45) is 0 Å². The van der Waals surface area contributed by atoms with Crippen molar-refractivity contribution >= 4 is 17.4 Å². The molecule has 5 nitrogen and oxygen atoms in total. The van der Waals surface area contributed by atoms with E-state index in [1.54, 1.807) is 12.3 Å². The lowest BCUT2D eigenvalue weighted by Crippen LogP contribution is -2.27. The Hall–Kier alpha value is -2.40. The first-order chi connectivity index (χ1) is 11.6. The number of pyridine rings is 1. The van der Waals surface area contributed by atoms with Gasteiger partial charge in [0.05, 0.1) is 5.56 Å². The zero-order chi connectivity index (χ0) is 17.4. The Morgan fingerprint density at radius 1 is 1.17 bits per heavy atom. The number of carbonyl (C=O) groups excluding carboxylic acids is 1. The van der Waals surface area contributed by atoms with Gasteiger partial charge in [0.15, 0.2) is 0 Å². The third kappa shape index (κ3) is 5.35. The van der Waals surface area contributed by atoms with Crippen LogP contribution in [-0.2, 0) is 6.42 Å². The number of aromatic nitrogens is 1. The summed E-state index contributed by atoms with van der Waals surface area (Å²) in [5, 5.41) is 6.22. The number of rotatable bonds is 8. The number of benzene rings is 1. The van der Waals surface area contributed by atoms with Gasteiger partial charge >= 0.3 is 0 Å². The average molecular weight is 326 g/mol. The number of amides is 1. The van der Waals surface area contributed by atoms with Gasteiger partial charge in [-0.2, -0.15) is 0 Å². The normalized spacial score (nSPS) is 10.7. The van der Waals surface area contributed by atoms with Gasteiger partial charge in [-0.1, -0.05) is 25.1 Å². The molecule has 1 aromatic heterocycles. The van der Waals surface area contributed by atoms with E-state index in [2.05, 4.69) is 33.5 Å². The first kappa shape index (κ1) is 17.9. The lowest BCUT2D eigenvalue weighted by molar-refractivity contribution is 0.0952. The van der Waals surface area contributed by atoms with E-state index in [-0.39, 0.29) is 5.91 Å². The van der Waals surface area contributed by atoms with Crippen LogP contribution in [0.2, 0.25) is 0 Å². The summed E-state index contributed by atoms with van der Waals surface area (Å²) in [4.78, 5) is 18.5. The van der Waals surface area contributed by atoms with Gasteiger partial charge in [0.2, 0.25) is 0 Å². The van der Waals surface area contributed by atoms with E-state index in [0.717, 1.165) is 30.9 Å². The Balaban J connectivity index is 1.91. The second-order valence-corrected chi connectivity index (χ2v) is 5.98. The third-order valence-electron chi connectivity index (χ3n) is 3.75. The molecule has 0 saturated carbocycles. The summed E-state index contributed by atoms with van der Waals surface area (Å²) in [6.07, 6.45) is 3.49. The van der Waals surface area contributed by atoms with E-state index >= 15 is 0 Å². The van der Waals surface area contributed by atoms with Crippen LogP contribution in [0, 0.1) is 0 Å². The molecule has 0 fully saturated rings. The fourth-order valence-corrected chi connectivity index (χ4v) is 2.39. The lowest BCUT2D eigenvalue weighted by Gasteiger charge is -2.11. The second kappa shape index (κ2) is 9.03. The molecule has 0 atom stereocenters. The number of hydrogen-bond donors (Lipinski definition) is 2. The highest BCUT2D eigenvalue weighted by atomic mass is 16.1. The molecule has 1 amide bonds. The second-order valence-electron chi connectivity index (χ2n) is 5.98. The summed E-state index contributed by atoms with van der Waals surface area (Å²) in [5.41, 5.74) is 2.87. The fraction of sp³-hybridized carbons (Fsp3) is 0.368. The van der Waals surface area contributed by atoms with E-state index < -0.39 is 0 Å². The topological polar surface area (TPSA) is 57.3 Å². The van der Waals surface area contributed by atoms with Crippen LogP contribution in [0.5, 0.6) is 0 Å². The van der Waals surface area contributed by atoms with Gasteiger partial charge in [-0.05, 0) is 57.2 Å². The Morgan fingerprint density at radius 2 is 1.96 bits per heavy atom. The Bertz CT molecular complexity index is 653. The maximum Gasteiger partial charge on any atom is 0.252 e. The van der Waals surface area contributed by atoms with Crippen molar-refractivity contribution in [3.8, 4) is 0 Å². The highest BCUT2D eigenvalue weighted by Gasteiger charge is 2.06. The highest BCUT2D eigenvalue weighted by Crippen LogP contribution is 2.20. The van der Waals surface area contributed by atoms with Gasteiger partial charge in [-0.25, -0.2) is 4.98 Å². The maximum absolute atomic E-state index is 12.1. The van der Waals surface area contributed by atoms with Crippen molar-refractivity contribution in [1.82, 2.24) is 15.2 Å². The summed E-state index contributed by atoms with van der Waals surface area (Å²) >= 11 is 0. The minimum absolute atomic E-state index is 0.0817. The quantitative estimate of drug-likeness (QED) is 0.732. The van der Waals surface area contributed by atoms with Crippen LogP contribution in [0.3, 0.4) is 0 Å².